The number of hydrazine groups is 1. The molecule has 2 amide bonds. The van der Waals surface area contributed by atoms with Crippen LogP contribution in [-0.4, -0.2) is 35.0 Å². The Balaban J connectivity index is 0.00000341. The fourth-order valence-corrected chi connectivity index (χ4v) is 3.19. The van der Waals surface area contributed by atoms with Gasteiger partial charge in [-0.2, -0.15) is 5.10 Å². The summed E-state index contributed by atoms with van der Waals surface area (Å²) < 4.78 is 13.4. The number of aryl methyl sites for hydroxylation is 3. The van der Waals surface area contributed by atoms with Gasteiger partial charge in [0.15, 0.2) is 0 Å². The van der Waals surface area contributed by atoms with Crippen molar-refractivity contribution in [2.75, 3.05) is 19.5 Å². The number of hydrogen-bond donors (Lipinski definition) is 3. The van der Waals surface area contributed by atoms with E-state index in [2.05, 4.69) is 10.4 Å². The number of nitrogens with two attached hydrogens (primary N) is 1. The molecule has 0 saturated heterocycles. The summed E-state index contributed by atoms with van der Waals surface area (Å²) in [6, 6.07) is 12.9. The van der Waals surface area contributed by atoms with Gasteiger partial charge in [0.25, 0.3) is 0 Å². The van der Waals surface area contributed by atoms with Crippen molar-refractivity contribution >= 4 is 11.7 Å². The van der Waals surface area contributed by atoms with Crippen molar-refractivity contribution in [1.29, 1.82) is 0 Å². The van der Waals surface area contributed by atoms with Gasteiger partial charge in [-0.25, -0.2) is 15.3 Å². The topological polar surface area (TPSA) is 130 Å². The second-order valence-electron chi connectivity index (χ2n) is 7.10. The molecule has 0 aliphatic rings. The number of aromatic nitrogens is 2. The van der Waals surface area contributed by atoms with Crippen molar-refractivity contribution in [1.82, 2.24) is 20.9 Å². The first kappa shape index (κ1) is 23.7. The van der Waals surface area contributed by atoms with Crippen LogP contribution in [0.2, 0.25) is 0 Å². The number of methoxy groups -OCH3 is 1. The maximum absolute atomic E-state index is 12.0. The number of carbonyl (C=O) groups is 1. The van der Waals surface area contributed by atoms with Crippen LogP contribution in [0.4, 0.5) is 10.5 Å². The van der Waals surface area contributed by atoms with Gasteiger partial charge in [-0.1, -0.05) is 6.07 Å². The number of nitrogens with one attached hydrogen (secondary N) is 1. The number of anilines is 1. The zero-order valence-electron chi connectivity index (χ0n) is 18.6. The van der Waals surface area contributed by atoms with Crippen LogP contribution in [0.1, 0.15) is 22.5 Å². The smallest absolute Gasteiger partial charge is 0.335 e. The maximum Gasteiger partial charge on any atom is 0.335 e. The molecule has 3 rings (SSSR count). The van der Waals surface area contributed by atoms with Crippen LogP contribution in [-0.2, 0) is 6.61 Å². The van der Waals surface area contributed by atoms with Gasteiger partial charge < -0.3 is 20.9 Å². The van der Waals surface area contributed by atoms with Gasteiger partial charge >= 0.3 is 6.03 Å². The Morgan fingerprint density at radius 3 is 2.48 bits per heavy atom. The number of ether oxygens (including phenoxy) is 2. The van der Waals surface area contributed by atoms with E-state index in [1.807, 2.05) is 55.8 Å². The van der Waals surface area contributed by atoms with Crippen molar-refractivity contribution in [2.45, 2.75) is 27.4 Å². The van der Waals surface area contributed by atoms with E-state index in [9.17, 15) is 4.79 Å². The fraction of sp³-hybridized carbons (Fsp3) is 0.273. The highest BCUT2D eigenvalue weighted by atomic mass is 16.5. The lowest BCUT2D eigenvalue weighted by Crippen LogP contribution is -2.37. The molecular formula is C22H30N6O3. The van der Waals surface area contributed by atoms with Crippen LogP contribution >= 0.6 is 0 Å². The number of nitrogens with zero attached hydrogens (tertiary/aromatic N) is 3. The molecule has 31 heavy (non-hydrogen) atoms. The monoisotopic (exact) mass is 426 g/mol. The lowest BCUT2D eigenvalue weighted by atomic mass is 10.1. The molecule has 0 spiro atoms. The van der Waals surface area contributed by atoms with Crippen molar-refractivity contribution in [3.05, 3.63) is 65.0 Å². The van der Waals surface area contributed by atoms with Gasteiger partial charge in [0.1, 0.15) is 18.1 Å². The predicted molar refractivity (Wildman–Crippen MR) is 121 cm³/mol. The fourth-order valence-electron chi connectivity index (χ4n) is 3.19. The Labute approximate surface area is 182 Å². The molecule has 0 aliphatic carbocycles. The van der Waals surface area contributed by atoms with Crippen LogP contribution in [0.3, 0.4) is 0 Å². The first-order chi connectivity index (χ1) is 14.3. The third-order valence-electron chi connectivity index (χ3n) is 4.70. The maximum atomic E-state index is 12.0. The van der Waals surface area contributed by atoms with Gasteiger partial charge in [0.05, 0.1) is 29.7 Å². The van der Waals surface area contributed by atoms with Crippen LogP contribution in [0.15, 0.2) is 42.5 Å². The third kappa shape index (κ3) is 5.33. The summed E-state index contributed by atoms with van der Waals surface area (Å²) in [7, 11) is 3.05. The van der Waals surface area contributed by atoms with E-state index in [1.54, 1.807) is 19.2 Å². The SMILES string of the molecule is COc1cccc(NC(=O)N(C)N)c1COc1ccc(-n2nc(C)cc2C)cc1C.N. The first-order valence-corrected chi connectivity index (χ1v) is 9.52. The summed E-state index contributed by atoms with van der Waals surface area (Å²) in [5.41, 5.74) is 5.29. The molecule has 1 aromatic heterocycles. The summed E-state index contributed by atoms with van der Waals surface area (Å²) in [5, 5.41) is 8.27. The molecule has 2 aromatic carbocycles. The molecule has 0 atom stereocenters. The number of benzene rings is 2. The number of carbonyl (C=O) groups excluding carboxylic acids is 1. The standard InChI is InChI=1S/C22H27N5O3.H3N/c1-14-11-17(27-16(3)12-15(2)25-27)9-10-20(14)30-13-18-19(24-22(28)26(4)23)7-6-8-21(18)29-5;/h6-12H,13,23H2,1-5H3,(H,24,28);1H3. The zero-order valence-corrected chi connectivity index (χ0v) is 18.6. The lowest BCUT2D eigenvalue weighted by Gasteiger charge is -2.18. The molecule has 9 heteroatoms. The van der Waals surface area contributed by atoms with E-state index in [4.69, 9.17) is 15.3 Å². The number of hydrogen-bond acceptors (Lipinski definition) is 6. The van der Waals surface area contributed by atoms with Crippen molar-refractivity contribution in [3.63, 3.8) is 0 Å². The van der Waals surface area contributed by atoms with Crippen LogP contribution in [0.5, 0.6) is 11.5 Å². The van der Waals surface area contributed by atoms with Gasteiger partial charge in [-0.3, -0.25) is 5.01 Å². The van der Waals surface area contributed by atoms with Crippen molar-refractivity contribution in [2.24, 2.45) is 5.84 Å². The minimum Gasteiger partial charge on any atom is -0.496 e. The number of urea groups is 1. The Bertz CT molecular complexity index is 1060. The van der Waals surface area contributed by atoms with E-state index in [1.165, 1.54) is 7.05 Å². The third-order valence-corrected chi connectivity index (χ3v) is 4.70. The molecule has 3 aromatic rings. The first-order valence-electron chi connectivity index (χ1n) is 9.52. The summed E-state index contributed by atoms with van der Waals surface area (Å²) >= 11 is 0. The van der Waals surface area contributed by atoms with Gasteiger partial charge in [-0.15, -0.1) is 0 Å². The lowest BCUT2D eigenvalue weighted by molar-refractivity contribution is 0.223. The molecule has 0 saturated carbocycles. The second-order valence-corrected chi connectivity index (χ2v) is 7.10. The van der Waals surface area contributed by atoms with Crippen molar-refractivity contribution < 1.29 is 14.3 Å². The summed E-state index contributed by atoms with van der Waals surface area (Å²) in [6.07, 6.45) is 0. The van der Waals surface area contributed by atoms with Gasteiger partial charge in [-0.05, 0) is 62.7 Å². The van der Waals surface area contributed by atoms with E-state index in [0.29, 0.717) is 11.4 Å². The molecule has 0 aliphatic heterocycles. The second kappa shape index (κ2) is 9.96. The Morgan fingerprint density at radius 1 is 1.16 bits per heavy atom. The van der Waals surface area contributed by atoms with Gasteiger partial charge in [0, 0.05) is 12.7 Å². The van der Waals surface area contributed by atoms with E-state index in [-0.39, 0.29) is 12.8 Å². The average molecular weight is 427 g/mol. The molecule has 0 bridgehead atoms. The molecule has 166 valence electrons. The van der Waals surface area contributed by atoms with Gasteiger partial charge in [0.2, 0.25) is 0 Å². The summed E-state index contributed by atoms with van der Waals surface area (Å²) in [5.74, 6) is 6.87. The predicted octanol–water partition coefficient (Wildman–Crippen LogP) is 3.88. The Hall–Kier alpha value is -3.56. The van der Waals surface area contributed by atoms with Crippen LogP contribution < -0.4 is 26.8 Å². The van der Waals surface area contributed by atoms with Crippen LogP contribution in [0.25, 0.3) is 5.69 Å². The van der Waals surface area contributed by atoms with Crippen molar-refractivity contribution in [3.8, 4) is 17.2 Å². The van der Waals surface area contributed by atoms with E-state index >= 15 is 0 Å². The molecule has 1 heterocycles. The highest BCUT2D eigenvalue weighted by Crippen LogP contribution is 2.30. The molecule has 0 fully saturated rings. The summed E-state index contributed by atoms with van der Waals surface area (Å²) in [4.78, 5) is 12.0. The molecular weight excluding hydrogens is 396 g/mol. The quantitative estimate of drug-likeness (QED) is 0.311. The minimum atomic E-state index is -0.435. The number of amides is 2. The largest absolute Gasteiger partial charge is 0.496 e. The normalized spacial score (nSPS) is 10.3. The highest BCUT2D eigenvalue weighted by molar-refractivity contribution is 5.90. The Kier molecular flexibility index (Phi) is 7.62. The van der Waals surface area contributed by atoms with E-state index < -0.39 is 6.03 Å². The van der Waals surface area contributed by atoms with Crippen LogP contribution in [0, 0.1) is 20.8 Å². The molecule has 0 radical (unpaired) electrons. The summed E-state index contributed by atoms with van der Waals surface area (Å²) in [6.45, 7) is 6.20. The minimum absolute atomic E-state index is 0. The molecule has 0 unspecified atom stereocenters. The average Bonchev–Trinajstić information content (AvgIpc) is 3.05. The molecule has 9 nitrogen and oxygen atoms in total. The zero-order chi connectivity index (χ0) is 21.8. The number of rotatable bonds is 6. The Morgan fingerprint density at radius 2 is 1.90 bits per heavy atom. The van der Waals surface area contributed by atoms with E-state index in [0.717, 1.165) is 39.0 Å². The highest BCUT2D eigenvalue weighted by Gasteiger charge is 2.15. The molecule has 6 N–H and O–H groups in total.